The highest BCUT2D eigenvalue weighted by Gasteiger charge is 2.11. The fourth-order valence-electron chi connectivity index (χ4n) is 2.99. The first-order valence-corrected chi connectivity index (χ1v) is 9.14. The minimum absolute atomic E-state index is 0.244. The molecule has 0 bridgehead atoms. The van der Waals surface area contributed by atoms with Crippen LogP contribution in [0.15, 0.2) is 79.0 Å². The Kier molecular flexibility index (Phi) is 5.37. The molecule has 0 fully saturated rings. The predicted molar refractivity (Wildman–Crippen MR) is 110 cm³/mol. The molecule has 0 radical (unpaired) electrons. The summed E-state index contributed by atoms with van der Waals surface area (Å²) in [6.07, 6.45) is 1.93. The van der Waals surface area contributed by atoms with E-state index in [0.29, 0.717) is 6.61 Å². The second-order valence-corrected chi connectivity index (χ2v) is 6.45. The Bertz CT molecular complexity index is 1220. The maximum absolute atomic E-state index is 11.1. The number of aromatic carboxylic acids is 1. The van der Waals surface area contributed by atoms with Crippen LogP contribution in [0.1, 0.15) is 32.9 Å². The summed E-state index contributed by atoms with van der Waals surface area (Å²) in [5.74, 6) is 5.44. The number of rotatable bonds is 5. The lowest BCUT2D eigenvalue weighted by Gasteiger charge is -2.04. The lowest BCUT2D eigenvalue weighted by atomic mass is 10.1. The highest BCUT2D eigenvalue weighted by Crippen LogP contribution is 2.15. The quantitative estimate of drug-likeness (QED) is 0.527. The van der Waals surface area contributed by atoms with Crippen molar-refractivity contribution in [3.05, 3.63) is 107 Å². The number of fused-ring (bicyclic) bond motifs is 1. The molecule has 0 aliphatic rings. The van der Waals surface area contributed by atoms with Gasteiger partial charge >= 0.3 is 5.97 Å². The van der Waals surface area contributed by atoms with E-state index < -0.39 is 5.97 Å². The Morgan fingerprint density at radius 1 is 0.966 bits per heavy atom. The molecular formula is C24H18N2O3. The number of hydrogen-bond acceptors (Lipinski definition) is 3. The number of imidazole rings is 1. The van der Waals surface area contributed by atoms with Crippen LogP contribution in [-0.2, 0) is 18.0 Å². The SMILES string of the molecule is O=C(O)c1cccc(COCc2nc3ccccn3c2C#Cc2ccccc2)c1. The van der Waals surface area contributed by atoms with E-state index in [1.54, 1.807) is 18.2 Å². The molecule has 0 unspecified atom stereocenters. The van der Waals surface area contributed by atoms with Crippen molar-refractivity contribution in [2.45, 2.75) is 13.2 Å². The van der Waals surface area contributed by atoms with Gasteiger partial charge in [0, 0.05) is 11.8 Å². The predicted octanol–water partition coefficient (Wildman–Crippen LogP) is 4.15. The van der Waals surface area contributed by atoms with Crippen LogP contribution in [0.4, 0.5) is 0 Å². The second-order valence-electron chi connectivity index (χ2n) is 6.45. The minimum atomic E-state index is -0.953. The van der Waals surface area contributed by atoms with Crippen LogP contribution in [-0.4, -0.2) is 20.5 Å². The number of carbonyl (C=O) groups is 1. The fraction of sp³-hybridized carbons (Fsp3) is 0.0833. The van der Waals surface area contributed by atoms with Crippen LogP contribution in [0.2, 0.25) is 0 Å². The summed E-state index contributed by atoms with van der Waals surface area (Å²) in [7, 11) is 0. The standard InChI is InChI=1S/C24H18N2O3/c27-24(28)20-10-6-9-19(15-20)16-29-17-21-22(13-12-18-7-2-1-3-8-18)26-14-5-4-11-23(26)25-21/h1-11,14-15H,16-17H2,(H,27,28). The molecule has 0 aliphatic heterocycles. The molecule has 4 rings (SSSR count). The Morgan fingerprint density at radius 3 is 2.62 bits per heavy atom. The van der Waals surface area contributed by atoms with Crippen molar-refractivity contribution in [1.29, 1.82) is 0 Å². The smallest absolute Gasteiger partial charge is 0.335 e. The zero-order valence-electron chi connectivity index (χ0n) is 15.6. The Hall–Kier alpha value is -3.88. The molecule has 0 saturated heterocycles. The van der Waals surface area contributed by atoms with Gasteiger partial charge in [0.1, 0.15) is 17.0 Å². The third kappa shape index (κ3) is 4.34. The van der Waals surface area contributed by atoms with Crippen LogP contribution in [0.3, 0.4) is 0 Å². The summed E-state index contributed by atoms with van der Waals surface area (Å²) in [4.78, 5) is 15.8. The zero-order chi connectivity index (χ0) is 20.1. The molecule has 0 atom stereocenters. The van der Waals surface area contributed by atoms with Crippen molar-refractivity contribution >= 4 is 11.6 Å². The number of aromatic nitrogens is 2. The molecule has 0 aliphatic carbocycles. The molecular weight excluding hydrogens is 364 g/mol. The van der Waals surface area contributed by atoms with E-state index in [9.17, 15) is 4.79 Å². The lowest BCUT2D eigenvalue weighted by Crippen LogP contribution is -2.00. The highest BCUT2D eigenvalue weighted by molar-refractivity contribution is 5.87. The summed E-state index contributed by atoms with van der Waals surface area (Å²) in [5, 5.41) is 9.11. The monoisotopic (exact) mass is 382 g/mol. The van der Waals surface area contributed by atoms with Crippen molar-refractivity contribution in [3.63, 3.8) is 0 Å². The second kappa shape index (κ2) is 8.42. The molecule has 2 aromatic carbocycles. The molecule has 0 saturated carbocycles. The van der Waals surface area contributed by atoms with E-state index in [0.717, 1.165) is 28.2 Å². The van der Waals surface area contributed by atoms with Crippen LogP contribution in [0.25, 0.3) is 5.65 Å². The van der Waals surface area contributed by atoms with E-state index in [1.807, 2.05) is 65.2 Å². The highest BCUT2D eigenvalue weighted by atomic mass is 16.5. The lowest BCUT2D eigenvalue weighted by molar-refractivity contribution is 0.0696. The summed E-state index contributed by atoms with van der Waals surface area (Å²) in [5.41, 5.74) is 4.30. The van der Waals surface area contributed by atoms with Gasteiger partial charge in [0.15, 0.2) is 0 Å². The van der Waals surface area contributed by atoms with Gasteiger partial charge in [0.2, 0.25) is 0 Å². The van der Waals surface area contributed by atoms with Crippen molar-refractivity contribution in [2.24, 2.45) is 0 Å². The fourth-order valence-corrected chi connectivity index (χ4v) is 2.99. The summed E-state index contributed by atoms with van der Waals surface area (Å²) in [6.45, 7) is 0.568. The van der Waals surface area contributed by atoms with Crippen LogP contribution in [0, 0.1) is 11.8 Å². The Balaban J connectivity index is 1.57. The van der Waals surface area contributed by atoms with Crippen LogP contribution < -0.4 is 0 Å². The molecule has 5 nitrogen and oxygen atoms in total. The zero-order valence-corrected chi connectivity index (χ0v) is 15.6. The van der Waals surface area contributed by atoms with E-state index >= 15 is 0 Å². The van der Waals surface area contributed by atoms with E-state index in [4.69, 9.17) is 9.84 Å². The first kappa shape index (κ1) is 18.5. The van der Waals surface area contributed by atoms with Gasteiger partial charge < -0.3 is 9.84 Å². The van der Waals surface area contributed by atoms with Crippen molar-refractivity contribution in [3.8, 4) is 11.8 Å². The third-order valence-corrected chi connectivity index (χ3v) is 4.38. The molecule has 2 aromatic heterocycles. The Morgan fingerprint density at radius 2 is 1.79 bits per heavy atom. The maximum atomic E-state index is 11.1. The maximum Gasteiger partial charge on any atom is 0.335 e. The minimum Gasteiger partial charge on any atom is -0.478 e. The number of benzene rings is 2. The van der Waals surface area contributed by atoms with Gasteiger partial charge in [0.05, 0.1) is 18.8 Å². The average molecular weight is 382 g/mol. The summed E-state index contributed by atoms with van der Waals surface area (Å²) < 4.78 is 7.77. The summed E-state index contributed by atoms with van der Waals surface area (Å²) >= 11 is 0. The number of carboxylic acids is 1. The van der Waals surface area contributed by atoms with Gasteiger partial charge in [-0.1, -0.05) is 42.3 Å². The van der Waals surface area contributed by atoms with Gasteiger partial charge in [-0.3, -0.25) is 4.40 Å². The normalized spacial score (nSPS) is 10.5. The first-order chi connectivity index (χ1) is 14.2. The topological polar surface area (TPSA) is 63.8 Å². The van der Waals surface area contributed by atoms with E-state index in [1.165, 1.54) is 0 Å². The Labute approximate surface area is 168 Å². The number of carboxylic acid groups (broad SMARTS) is 1. The van der Waals surface area contributed by atoms with Crippen LogP contribution in [0.5, 0.6) is 0 Å². The van der Waals surface area contributed by atoms with Gasteiger partial charge in [-0.25, -0.2) is 9.78 Å². The largest absolute Gasteiger partial charge is 0.478 e. The number of ether oxygens (including phenoxy) is 1. The first-order valence-electron chi connectivity index (χ1n) is 9.14. The van der Waals surface area contributed by atoms with Gasteiger partial charge in [-0.2, -0.15) is 0 Å². The molecule has 0 amide bonds. The van der Waals surface area contributed by atoms with Crippen molar-refractivity contribution < 1.29 is 14.6 Å². The van der Waals surface area contributed by atoms with E-state index in [-0.39, 0.29) is 12.2 Å². The molecule has 0 spiro atoms. The van der Waals surface area contributed by atoms with Gasteiger partial charge in [-0.05, 0) is 47.9 Å². The summed E-state index contributed by atoms with van der Waals surface area (Å²) in [6, 6.07) is 22.3. The van der Waals surface area contributed by atoms with Crippen molar-refractivity contribution in [2.75, 3.05) is 0 Å². The molecule has 4 aromatic rings. The number of pyridine rings is 1. The van der Waals surface area contributed by atoms with Crippen molar-refractivity contribution in [1.82, 2.24) is 9.38 Å². The van der Waals surface area contributed by atoms with Gasteiger partial charge in [0.25, 0.3) is 0 Å². The van der Waals surface area contributed by atoms with Crippen LogP contribution >= 0.6 is 0 Å². The number of nitrogens with zero attached hydrogens (tertiary/aromatic N) is 2. The number of hydrogen-bond donors (Lipinski definition) is 1. The van der Waals surface area contributed by atoms with Gasteiger partial charge in [-0.15, -0.1) is 0 Å². The average Bonchev–Trinajstić information content (AvgIpc) is 3.10. The molecule has 5 heteroatoms. The molecule has 2 heterocycles. The van der Waals surface area contributed by atoms with E-state index in [2.05, 4.69) is 16.8 Å². The molecule has 142 valence electrons. The third-order valence-electron chi connectivity index (χ3n) is 4.38. The molecule has 1 N–H and O–H groups in total. The molecule has 29 heavy (non-hydrogen) atoms.